The highest BCUT2D eigenvalue weighted by Gasteiger charge is 2.30. The van der Waals surface area contributed by atoms with Gasteiger partial charge >= 0.3 is 0 Å². The number of carbonyl (C=O) groups excluding carboxylic acids is 1. The van der Waals surface area contributed by atoms with Gasteiger partial charge in [0, 0.05) is 30.8 Å². The number of amides is 1. The molecule has 0 bridgehead atoms. The van der Waals surface area contributed by atoms with Gasteiger partial charge in [-0.1, -0.05) is 0 Å². The number of nitrogens with one attached hydrogen (secondary N) is 1. The molecule has 0 radical (unpaired) electrons. The second-order valence-electron chi connectivity index (χ2n) is 3.60. The molecule has 0 aromatic rings. The summed E-state index contributed by atoms with van der Waals surface area (Å²) in [6.45, 7) is 1.57. The van der Waals surface area contributed by atoms with Gasteiger partial charge in [-0.05, 0) is 6.42 Å². The number of hydrogen-bond donors (Lipinski definition) is 2. The molecule has 0 saturated carbocycles. The molecule has 2 fully saturated rings. The fraction of sp³-hybridized carbons (Fsp3) is 0.875. The van der Waals surface area contributed by atoms with E-state index in [1.807, 2.05) is 4.90 Å². The van der Waals surface area contributed by atoms with Gasteiger partial charge in [0.1, 0.15) is 0 Å². The first-order valence-electron chi connectivity index (χ1n) is 4.63. The number of nitrogens with zero attached hydrogens (tertiary/aromatic N) is 1. The van der Waals surface area contributed by atoms with Crippen molar-refractivity contribution in [3.8, 4) is 0 Å². The van der Waals surface area contributed by atoms with Crippen molar-refractivity contribution in [3.63, 3.8) is 0 Å². The molecule has 1 unspecified atom stereocenters. The van der Waals surface area contributed by atoms with E-state index < -0.39 is 0 Å². The van der Waals surface area contributed by atoms with Crippen LogP contribution in [-0.2, 0) is 4.79 Å². The largest absolute Gasteiger partial charge is 0.340 e. The van der Waals surface area contributed by atoms with Crippen molar-refractivity contribution < 1.29 is 4.79 Å². The van der Waals surface area contributed by atoms with Gasteiger partial charge in [0.2, 0.25) is 5.91 Å². The molecule has 2 aliphatic rings. The molecule has 0 aliphatic carbocycles. The minimum atomic E-state index is 0. The zero-order valence-electron chi connectivity index (χ0n) is 7.94. The normalized spacial score (nSPS) is 31.6. The van der Waals surface area contributed by atoms with Crippen molar-refractivity contribution in [1.29, 1.82) is 0 Å². The first kappa shape index (κ1) is 12.1. The van der Waals surface area contributed by atoms with Gasteiger partial charge in [0.15, 0.2) is 0 Å². The van der Waals surface area contributed by atoms with E-state index in [1.165, 1.54) is 0 Å². The van der Waals surface area contributed by atoms with Crippen LogP contribution in [0.2, 0.25) is 0 Å². The summed E-state index contributed by atoms with van der Waals surface area (Å²) in [4.78, 5) is 13.7. The number of halogens is 1. The lowest BCUT2D eigenvalue weighted by Gasteiger charge is -2.19. The summed E-state index contributed by atoms with van der Waals surface area (Å²) in [5, 5.41) is 3.18. The standard InChI is InChI=1S/C8H15N3OS.ClH/c9-6-1-2-11(3-6)8(12)7-4-13-5-10-7;/h6-7,10H,1-5,9H2;1H/t6-,7?;/m0./s1. The highest BCUT2D eigenvalue weighted by molar-refractivity contribution is 7.99. The first-order valence-corrected chi connectivity index (χ1v) is 5.78. The maximum absolute atomic E-state index is 11.8. The third-order valence-electron chi connectivity index (χ3n) is 2.55. The molecule has 2 aliphatic heterocycles. The molecule has 2 heterocycles. The van der Waals surface area contributed by atoms with Crippen LogP contribution in [-0.4, -0.2) is 47.6 Å². The third kappa shape index (κ3) is 2.53. The predicted octanol–water partition coefficient (Wildman–Crippen LogP) is -0.370. The number of likely N-dealkylation sites (tertiary alicyclic amines) is 1. The molecule has 14 heavy (non-hydrogen) atoms. The summed E-state index contributed by atoms with van der Waals surface area (Å²) in [7, 11) is 0. The van der Waals surface area contributed by atoms with Gasteiger partial charge in [-0.2, -0.15) is 0 Å². The molecule has 0 aromatic carbocycles. The monoisotopic (exact) mass is 237 g/mol. The Balaban J connectivity index is 0.000000980. The molecule has 4 nitrogen and oxygen atoms in total. The molecule has 6 heteroatoms. The van der Waals surface area contributed by atoms with Gasteiger partial charge in [0.05, 0.1) is 6.04 Å². The van der Waals surface area contributed by atoms with E-state index in [-0.39, 0.29) is 30.4 Å². The van der Waals surface area contributed by atoms with Crippen molar-refractivity contribution in [2.24, 2.45) is 5.73 Å². The van der Waals surface area contributed by atoms with E-state index in [1.54, 1.807) is 11.8 Å². The number of hydrogen-bond acceptors (Lipinski definition) is 4. The second kappa shape index (κ2) is 5.21. The number of thioether (sulfide) groups is 1. The summed E-state index contributed by atoms with van der Waals surface area (Å²) in [6, 6.07) is 0.230. The fourth-order valence-electron chi connectivity index (χ4n) is 1.76. The van der Waals surface area contributed by atoms with Crippen LogP contribution in [0.4, 0.5) is 0 Å². The van der Waals surface area contributed by atoms with E-state index in [0.717, 1.165) is 31.1 Å². The van der Waals surface area contributed by atoms with Crippen molar-refractivity contribution in [1.82, 2.24) is 10.2 Å². The summed E-state index contributed by atoms with van der Waals surface area (Å²) in [6.07, 6.45) is 0.950. The molecule has 2 saturated heterocycles. The van der Waals surface area contributed by atoms with Crippen LogP contribution in [0.15, 0.2) is 0 Å². The van der Waals surface area contributed by atoms with Crippen molar-refractivity contribution in [2.75, 3.05) is 24.7 Å². The predicted molar refractivity (Wildman–Crippen MR) is 60.7 cm³/mol. The Labute approximate surface area is 94.4 Å². The van der Waals surface area contributed by atoms with Gasteiger partial charge < -0.3 is 10.6 Å². The molecular formula is C8H16ClN3OS. The van der Waals surface area contributed by atoms with Crippen molar-refractivity contribution in [2.45, 2.75) is 18.5 Å². The molecule has 0 aromatic heterocycles. The van der Waals surface area contributed by atoms with Gasteiger partial charge in [-0.3, -0.25) is 10.1 Å². The maximum atomic E-state index is 11.8. The molecule has 3 N–H and O–H groups in total. The molecule has 2 atom stereocenters. The Bertz CT molecular complexity index is 211. The topological polar surface area (TPSA) is 58.4 Å². The van der Waals surface area contributed by atoms with Crippen LogP contribution in [0.1, 0.15) is 6.42 Å². The number of nitrogens with two attached hydrogens (primary N) is 1. The van der Waals surface area contributed by atoms with E-state index in [0.29, 0.717) is 0 Å². The van der Waals surface area contributed by atoms with Crippen LogP contribution >= 0.6 is 24.2 Å². The Hall–Kier alpha value is 0.0300. The SMILES string of the molecule is Cl.N[C@H]1CCN(C(=O)C2CSCN2)C1. The Morgan fingerprint density at radius 1 is 1.57 bits per heavy atom. The van der Waals surface area contributed by atoms with Gasteiger partial charge in [0.25, 0.3) is 0 Å². The lowest BCUT2D eigenvalue weighted by Crippen LogP contribution is -2.44. The second-order valence-corrected chi connectivity index (χ2v) is 4.64. The minimum Gasteiger partial charge on any atom is -0.340 e. The smallest absolute Gasteiger partial charge is 0.240 e. The Morgan fingerprint density at radius 3 is 2.86 bits per heavy atom. The van der Waals surface area contributed by atoms with E-state index in [2.05, 4.69) is 5.32 Å². The average Bonchev–Trinajstić information content (AvgIpc) is 2.72. The molecule has 2 rings (SSSR count). The molecule has 1 amide bonds. The van der Waals surface area contributed by atoms with E-state index >= 15 is 0 Å². The Morgan fingerprint density at radius 2 is 2.36 bits per heavy atom. The Kier molecular flexibility index (Phi) is 4.50. The lowest BCUT2D eigenvalue weighted by molar-refractivity contribution is -0.131. The maximum Gasteiger partial charge on any atom is 0.240 e. The van der Waals surface area contributed by atoms with Crippen molar-refractivity contribution >= 4 is 30.1 Å². The highest BCUT2D eigenvalue weighted by atomic mass is 35.5. The summed E-state index contributed by atoms with van der Waals surface area (Å²) >= 11 is 1.78. The average molecular weight is 238 g/mol. The highest BCUT2D eigenvalue weighted by Crippen LogP contribution is 2.15. The minimum absolute atomic E-state index is 0. The van der Waals surface area contributed by atoms with Gasteiger partial charge in [-0.15, -0.1) is 24.2 Å². The lowest BCUT2D eigenvalue weighted by atomic mass is 10.3. The van der Waals surface area contributed by atoms with Gasteiger partial charge in [-0.25, -0.2) is 0 Å². The fourth-order valence-corrected chi connectivity index (χ4v) is 2.69. The van der Waals surface area contributed by atoms with Crippen molar-refractivity contribution in [3.05, 3.63) is 0 Å². The summed E-state index contributed by atoms with van der Waals surface area (Å²) in [5.41, 5.74) is 5.74. The first-order chi connectivity index (χ1) is 6.27. The molecular weight excluding hydrogens is 222 g/mol. The quantitative estimate of drug-likeness (QED) is 0.654. The zero-order chi connectivity index (χ0) is 9.26. The molecule has 0 spiro atoms. The van der Waals surface area contributed by atoms with Crippen LogP contribution in [0, 0.1) is 0 Å². The number of rotatable bonds is 1. The van der Waals surface area contributed by atoms with Crippen LogP contribution in [0.5, 0.6) is 0 Å². The third-order valence-corrected chi connectivity index (χ3v) is 3.49. The summed E-state index contributed by atoms with van der Waals surface area (Å²) in [5.74, 6) is 2.04. The molecule has 82 valence electrons. The summed E-state index contributed by atoms with van der Waals surface area (Å²) < 4.78 is 0. The van der Waals surface area contributed by atoms with E-state index in [9.17, 15) is 4.79 Å². The van der Waals surface area contributed by atoms with E-state index in [4.69, 9.17) is 5.73 Å². The van der Waals surface area contributed by atoms with Crippen LogP contribution in [0.3, 0.4) is 0 Å². The van der Waals surface area contributed by atoms with Crippen LogP contribution in [0.25, 0.3) is 0 Å². The van der Waals surface area contributed by atoms with Crippen LogP contribution < -0.4 is 11.1 Å². The zero-order valence-corrected chi connectivity index (χ0v) is 9.57. The number of carbonyl (C=O) groups is 1.